The summed E-state index contributed by atoms with van der Waals surface area (Å²) in [5.41, 5.74) is 6.04. The average molecular weight is 567 g/mol. The molecule has 0 radical (unpaired) electrons. The molecule has 16 heteroatoms. The van der Waals surface area contributed by atoms with E-state index in [-0.39, 0.29) is 16.7 Å². The minimum atomic E-state index is -1.28. The van der Waals surface area contributed by atoms with Gasteiger partial charge in [-0.3, -0.25) is 19.3 Å². The SMILES string of the molecule is C[n+]1ccc2cc(C3=C(C(=O)S)N4C(=O)[C@@H](NC(=O)/C(=N\OCF)c5nsc(N)n5)[C@H]4SC3)sc2c1. The number of hydrogen-bond donors (Lipinski definition) is 3. The van der Waals surface area contributed by atoms with Crippen LogP contribution in [0.5, 0.6) is 0 Å². The van der Waals surface area contributed by atoms with Crippen LogP contribution in [0.1, 0.15) is 10.7 Å². The van der Waals surface area contributed by atoms with E-state index >= 15 is 0 Å². The second kappa shape index (κ2) is 9.76. The molecule has 0 aromatic carbocycles. The summed E-state index contributed by atoms with van der Waals surface area (Å²) >= 11 is 7.78. The number of fused-ring (bicyclic) bond motifs is 2. The van der Waals surface area contributed by atoms with Gasteiger partial charge >= 0.3 is 0 Å². The van der Waals surface area contributed by atoms with E-state index in [2.05, 4.69) is 37.3 Å². The predicted molar refractivity (Wildman–Crippen MR) is 137 cm³/mol. The molecular formula is C20H17FN7O4S4+. The molecule has 2 aliphatic rings. The van der Waals surface area contributed by atoms with Gasteiger partial charge < -0.3 is 15.9 Å². The van der Waals surface area contributed by atoms with Gasteiger partial charge in [0.25, 0.3) is 18.7 Å². The van der Waals surface area contributed by atoms with Crippen molar-refractivity contribution in [3.63, 3.8) is 0 Å². The third-order valence-corrected chi connectivity index (χ3v) is 8.61. The van der Waals surface area contributed by atoms with E-state index in [1.54, 1.807) is 0 Å². The molecule has 1 fully saturated rings. The molecule has 3 N–H and O–H groups in total. The number of rotatable bonds is 7. The normalized spacial score (nSPS) is 19.8. The van der Waals surface area contributed by atoms with Crippen LogP contribution in [0.2, 0.25) is 0 Å². The molecule has 2 aliphatic heterocycles. The Morgan fingerprint density at radius 1 is 1.47 bits per heavy atom. The lowest BCUT2D eigenvalue weighted by atomic mass is 10.0. The Morgan fingerprint density at radius 3 is 2.97 bits per heavy atom. The van der Waals surface area contributed by atoms with Crippen LogP contribution in [-0.4, -0.2) is 60.9 Å². The van der Waals surface area contributed by atoms with E-state index in [1.807, 2.05) is 36.1 Å². The van der Waals surface area contributed by atoms with Crippen molar-refractivity contribution in [3.05, 3.63) is 40.9 Å². The number of alkyl halides is 1. The van der Waals surface area contributed by atoms with E-state index in [9.17, 15) is 18.8 Å². The molecule has 5 heterocycles. The highest BCUT2D eigenvalue weighted by molar-refractivity contribution is 8.00. The van der Waals surface area contributed by atoms with Gasteiger partial charge in [-0.05, 0) is 6.07 Å². The van der Waals surface area contributed by atoms with Crippen molar-refractivity contribution in [2.45, 2.75) is 11.4 Å². The highest BCUT2D eigenvalue weighted by Crippen LogP contribution is 2.45. The Morgan fingerprint density at radius 2 is 2.28 bits per heavy atom. The van der Waals surface area contributed by atoms with Gasteiger partial charge in [0, 0.05) is 39.2 Å². The Hall–Kier alpha value is -3.08. The smallest absolute Gasteiger partial charge is 0.278 e. The van der Waals surface area contributed by atoms with Gasteiger partial charge in [0.05, 0.1) is 4.70 Å². The van der Waals surface area contributed by atoms with E-state index in [1.165, 1.54) is 28.0 Å². The lowest BCUT2D eigenvalue weighted by molar-refractivity contribution is -0.670. The number of thiophene rings is 1. The number of carbonyl (C=O) groups is 3. The van der Waals surface area contributed by atoms with Crippen LogP contribution in [0.15, 0.2) is 35.4 Å². The number of thiol groups is 1. The van der Waals surface area contributed by atoms with Crippen LogP contribution in [0.25, 0.3) is 15.7 Å². The van der Waals surface area contributed by atoms with Crippen molar-refractivity contribution in [3.8, 4) is 0 Å². The van der Waals surface area contributed by atoms with Gasteiger partial charge in [0.15, 0.2) is 17.5 Å². The second-order valence-corrected chi connectivity index (χ2v) is 11.0. The molecule has 186 valence electrons. The fraction of sp³-hybridized carbons (Fsp3) is 0.250. The lowest BCUT2D eigenvalue weighted by Gasteiger charge is -2.49. The average Bonchev–Trinajstić information content (AvgIpc) is 3.47. The summed E-state index contributed by atoms with van der Waals surface area (Å²) in [6.07, 6.45) is 3.92. The molecule has 36 heavy (non-hydrogen) atoms. The van der Waals surface area contributed by atoms with Gasteiger partial charge in [-0.1, -0.05) is 17.8 Å². The number of anilines is 1. The van der Waals surface area contributed by atoms with Crippen LogP contribution in [0, 0.1) is 0 Å². The van der Waals surface area contributed by atoms with Gasteiger partial charge in [-0.15, -0.1) is 23.1 Å². The van der Waals surface area contributed by atoms with Crippen molar-refractivity contribution < 1.29 is 28.2 Å². The van der Waals surface area contributed by atoms with Crippen molar-refractivity contribution in [1.29, 1.82) is 0 Å². The third kappa shape index (κ3) is 4.33. The number of nitrogens with one attached hydrogen (secondary N) is 1. The number of nitrogens with two attached hydrogens (primary N) is 1. The molecule has 1 saturated heterocycles. The summed E-state index contributed by atoms with van der Waals surface area (Å²) in [4.78, 5) is 49.0. The lowest BCUT2D eigenvalue weighted by Crippen LogP contribution is -2.70. The highest BCUT2D eigenvalue weighted by atomic mass is 32.2. The summed E-state index contributed by atoms with van der Waals surface area (Å²) in [5, 5.41) is 6.01. The molecule has 0 bridgehead atoms. The van der Waals surface area contributed by atoms with Crippen molar-refractivity contribution in [2.24, 2.45) is 12.2 Å². The number of aryl methyl sites for hydroxylation is 1. The monoisotopic (exact) mass is 566 g/mol. The summed E-state index contributed by atoms with van der Waals surface area (Å²) in [6, 6.07) is 3.00. The van der Waals surface area contributed by atoms with Gasteiger partial charge in [-0.2, -0.15) is 9.36 Å². The standard InChI is InChI=1S/C20H16FN7O4S4/c1-27-3-2-8-4-10(35-11(8)5-27)9-6-34-18-13(17(30)28(18)14(9)19(31)33)23-16(29)12(25-32-7-21)15-24-20(22)36-26-15/h2-5,13,18H,6-7H2,1H3,(H3-,22,23,24,26,29,31,33)/p+1/b25-12-/t13-,18-/m1/s1. The quantitative estimate of drug-likeness (QED) is 0.127. The van der Waals surface area contributed by atoms with Crippen LogP contribution >= 0.6 is 47.3 Å². The van der Waals surface area contributed by atoms with Gasteiger partial charge in [-0.25, -0.2) is 8.96 Å². The topological polar surface area (TPSA) is 144 Å². The van der Waals surface area contributed by atoms with E-state index < -0.39 is 40.9 Å². The maximum atomic E-state index is 13.1. The zero-order valence-electron chi connectivity index (χ0n) is 18.4. The molecule has 0 unspecified atom stereocenters. The highest BCUT2D eigenvalue weighted by Gasteiger charge is 2.54. The van der Waals surface area contributed by atoms with Crippen LogP contribution in [0.4, 0.5) is 9.52 Å². The number of hydrogen-bond acceptors (Lipinski definition) is 11. The first-order valence-corrected chi connectivity index (χ1v) is 13.3. The summed E-state index contributed by atoms with van der Waals surface area (Å²) in [5.74, 6) is -1.06. The molecular weight excluding hydrogens is 550 g/mol. The molecule has 2 amide bonds. The van der Waals surface area contributed by atoms with Gasteiger partial charge in [0.2, 0.25) is 16.7 Å². The maximum Gasteiger partial charge on any atom is 0.278 e. The molecule has 3 aromatic heterocycles. The fourth-order valence-electron chi connectivity index (χ4n) is 3.85. The number of nitrogens with zero attached hydrogens (tertiary/aromatic N) is 5. The molecule has 0 spiro atoms. The second-order valence-electron chi connectivity index (χ2n) is 7.67. The summed E-state index contributed by atoms with van der Waals surface area (Å²) < 4.78 is 19.4. The first-order chi connectivity index (χ1) is 17.3. The minimum Gasteiger partial charge on any atom is -0.374 e. The number of β-lactam (4-membered cyclic amide) rings is 1. The fourth-order valence-corrected chi connectivity index (χ4v) is 7.16. The summed E-state index contributed by atoms with van der Waals surface area (Å²) in [6.45, 7) is -1.28. The zero-order chi connectivity index (χ0) is 25.6. The Balaban J connectivity index is 1.41. The van der Waals surface area contributed by atoms with Crippen LogP contribution in [-0.2, 0) is 26.3 Å². The van der Waals surface area contributed by atoms with Crippen LogP contribution in [0.3, 0.4) is 0 Å². The van der Waals surface area contributed by atoms with E-state index in [0.717, 1.165) is 26.5 Å². The number of carbonyl (C=O) groups excluding carboxylic acids is 3. The molecule has 0 aliphatic carbocycles. The van der Waals surface area contributed by atoms with E-state index in [4.69, 9.17) is 5.73 Å². The number of pyridine rings is 1. The minimum absolute atomic E-state index is 0.0732. The number of oxime groups is 1. The third-order valence-electron chi connectivity index (χ3n) is 5.43. The van der Waals surface area contributed by atoms with E-state index in [0.29, 0.717) is 11.3 Å². The molecule has 5 rings (SSSR count). The Bertz CT molecular complexity index is 1470. The maximum absolute atomic E-state index is 13.1. The van der Waals surface area contributed by atoms with Crippen LogP contribution < -0.4 is 15.6 Å². The van der Waals surface area contributed by atoms with Crippen molar-refractivity contribution in [2.75, 3.05) is 18.3 Å². The largest absolute Gasteiger partial charge is 0.374 e. The molecule has 11 nitrogen and oxygen atoms in total. The number of aromatic nitrogens is 3. The Labute approximate surface area is 220 Å². The summed E-state index contributed by atoms with van der Waals surface area (Å²) in [7, 11) is 1.92. The Kier molecular flexibility index (Phi) is 6.67. The van der Waals surface area contributed by atoms with Gasteiger partial charge in [0.1, 0.15) is 24.2 Å². The molecule has 0 saturated carbocycles. The van der Waals surface area contributed by atoms with Crippen molar-refractivity contribution in [1.82, 2.24) is 19.6 Å². The molecule has 3 aromatic rings. The number of amides is 2. The first kappa shape index (κ1) is 24.6. The number of thioether (sulfide) groups is 1. The predicted octanol–water partition coefficient (Wildman–Crippen LogP) is 1.07. The van der Waals surface area contributed by atoms with Crippen molar-refractivity contribution >= 4 is 90.7 Å². The first-order valence-electron chi connectivity index (χ1n) is 10.2. The molecule has 2 atom stereocenters. The zero-order valence-corrected chi connectivity index (χ0v) is 21.7. The number of nitrogen functional groups attached to an aromatic ring is 1. The number of halogens is 1.